The molecule has 2 aliphatic heterocycles. The Hall–Kier alpha value is -1.78. The molecule has 1 aromatic carbocycles. The number of piperidine rings is 1. The van der Waals surface area contributed by atoms with E-state index in [4.69, 9.17) is 14.7 Å². The fraction of sp³-hybridized carbons (Fsp3) is 0.500. The summed E-state index contributed by atoms with van der Waals surface area (Å²) in [5.74, 6) is 0.995. The van der Waals surface area contributed by atoms with Crippen LogP contribution in [0.5, 0.6) is 11.5 Å². The lowest BCUT2D eigenvalue weighted by Crippen LogP contribution is -2.38. The summed E-state index contributed by atoms with van der Waals surface area (Å²) in [4.78, 5) is 0.210. The van der Waals surface area contributed by atoms with Crippen LogP contribution in [-0.2, 0) is 10.0 Å². The van der Waals surface area contributed by atoms with Crippen molar-refractivity contribution in [3.8, 4) is 17.6 Å². The van der Waals surface area contributed by atoms with Crippen molar-refractivity contribution in [3.63, 3.8) is 0 Å². The summed E-state index contributed by atoms with van der Waals surface area (Å²) in [6, 6.07) is 6.88. The van der Waals surface area contributed by atoms with Gasteiger partial charge in [-0.1, -0.05) is 0 Å². The Bertz CT molecular complexity index is 673. The molecule has 0 atom stereocenters. The maximum absolute atomic E-state index is 12.6. The van der Waals surface area contributed by atoms with Gasteiger partial charge in [0.15, 0.2) is 11.5 Å². The van der Waals surface area contributed by atoms with Crippen LogP contribution in [0.2, 0.25) is 0 Å². The number of hydrogen-bond acceptors (Lipinski definition) is 5. The third-order valence-electron chi connectivity index (χ3n) is 3.79. The van der Waals surface area contributed by atoms with E-state index in [1.807, 2.05) is 0 Å². The van der Waals surface area contributed by atoms with E-state index >= 15 is 0 Å². The maximum Gasteiger partial charge on any atom is 0.243 e. The minimum Gasteiger partial charge on any atom is -0.486 e. The minimum atomic E-state index is -3.54. The molecule has 2 heterocycles. The molecule has 1 aromatic rings. The van der Waals surface area contributed by atoms with Crippen molar-refractivity contribution in [2.45, 2.75) is 17.7 Å². The van der Waals surface area contributed by atoms with Crippen LogP contribution in [0.25, 0.3) is 0 Å². The Balaban J connectivity index is 1.84. The third kappa shape index (κ3) is 2.69. The number of nitriles is 1. The minimum absolute atomic E-state index is 0.0447. The average molecular weight is 308 g/mol. The predicted octanol–water partition coefficient (Wildman–Crippen LogP) is 1.38. The topological polar surface area (TPSA) is 79.6 Å². The average Bonchev–Trinajstić information content (AvgIpc) is 2.54. The lowest BCUT2D eigenvalue weighted by Gasteiger charge is -2.28. The standard InChI is InChI=1S/C14H16N2O4S/c15-10-11-3-5-16(6-4-11)21(17,18)12-1-2-13-14(9-12)20-8-7-19-13/h1-2,9,11H,3-8H2. The highest BCUT2D eigenvalue weighted by molar-refractivity contribution is 7.89. The summed E-state index contributed by atoms with van der Waals surface area (Å²) in [7, 11) is -3.54. The van der Waals surface area contributed by atoms with Gasteiger partial charge in [0.05, 0.1) is 11.0 Å². The molecule has 2 aliphatic rings. The van der Waals surface area contributed by atoms with Gasteiger partial charge in [0.25, 0.3) is 0 Å². The SMILES string of the molecule is N#CC1CCN(S(=O)(=O)c2ccc3c(c2)OCCO3)CC1. The Labute approximate surface area is 123 Å². The summed E-state index contributed by atoms with van der Waals surface area (Å²) in [5.41, 5.74) is 0. The molecule has 1 fully saturated rings. The van der Waals surface area contributed by atoms with E-state index in [0.29, 0.717) is 50.6 Å². The summed E-state index contributed by atoms with van der Waals surface area (Å²) in [6.07, 6.45) is 1.17. The second-order valence-electron chi connectivity index (χ2n) is 5.11. The number of ether oxygens (including phenoxy) is 2. The van der Waals surface area contributed by atoms with Gasteiger partial charge in [0, 0.05) is 25.1 Å². The van der Waals surface area contributed by atoms with Gasteiger partial charge in [-0.15, -0.1) is 0 Å². The van der Waals surface area contributed by atoms with Crippen molar-refractivity contribution in [2.75, 3.05) is 26.3 Å². The van der Waals surface area contributed by atoms with Crippen LogP contribution in [-0.4, -0.2) is 39.0 Å². The first kappa shape index (κ1) is 14.2. The summed E-state index contributed by atoms with van der Waals surface area (Å²) >= 11 is 0. The molecule has 6 nitrogen and oxygen atoms in total. The first-order valence-electron chi connectivity index (χ1n) is 6.90. The van der Waals surface area contributed by atoms with Crippen LogP contribution in [0.15, 0.2) is 23.1 Å². The number of benzene rings is 1. The zero-order valence-corrected chi connectivity index (χ0v) is 12.3. The predicted molar refractivity (Wildman–Crippen MR) is 74.5 cm³/mol. The molecular weight excluding hydrogens is 292 g/mol. The second kappa shape index (κ2) is 5.54. The molecular formula is C14H16N2O4S. The molecule has 0 saturated carbocycles. The first-order chi connectivity index (χ1) is 10.1. The van der Waals surface area contributed by atoms with Gasteiger partial charge in [0.1, 0.15) is 13.2 Å². The molecule has 0 bridgehead atoms. The molecule has 0 N–H and O–H groups in total. The molecule has 0 unspecified atom stereocenters. The number of hydrogen-bond donors (Lipinski definition) is 0. The third-order valence-corrected chi connectivity index (χ3v) is 5.68. The van der Waals surface area contributed by atoms with E-state index in [1.165, 1.54) is 10.4 Å². The van der Waals surface area contributed by atoms with Crippen LogP contribution in [0.3, 0.4) is 0 Å². The van der Waals surface area contributed by atoms with Crippen LogP contribution < -0.4 is 9.47 Å². The molecule has 0 spiro atoms. The molecule has 0 aliphatic carbocycles. The molecule has 3 rings (SSSR count). The maximum atomic E-state index is 12.6. The second-order valence-corrected chi connectivity index (χ2v) is 7.05. The Morgan fingerprint density at radius 1 is 1.14 bits per heavy atom. The van der Waals surface area contributed by atoms with Crippen LogP contribution >= 0.6 is 0 Å². The van der Waals surface area contributed by atoms with Gasteiger partial charge in [-0.25, -0.2) is 8.42 Å². The first-order valence-corrected chi connectivity index (χ1v) is 8.34. The molecule has 21 heavy (non-hydrogen) atoms. The number of fused-ring (bicyclic) bond motifs is 1. The zero-order valence-electron chi connectivity index (χ0n) is 11.5. The van der Waals surface area contributed by atoms with Gasteiger partial charge in [0.2, 0.25) is 10.0 Å². The van der Waals surface area contributed by atoms with E-state index in [-0.39, 0.29) is 10.8 Å². The number of sulfonamides is 1. The van der Waals surface area contributed by atoms with Crippen LogP contribution in [0, 0.1) is 17.2 Å². The van der Waals surface area contributed by atoms with Crippen LogP contribution in [0.1, 0.15) is 12.8 Å². The molecule has 0 amide bonds. The van der Waals surface area contributed by atoms with Gasteiger partial charge in [-0.2, -0.15) is 9.57 Å². The van der Waals surface area contributed by atoms with Gasteiger partial charge >= 0.3 is 0 Å². The van der Waals surface area contributed by atoms with Crippen molar-refractivity contribution in [1.29, 1.82) is 5.26 Å². The fourth-order valence-corrected chi connectivity index (χ4v) is 4.04. The summed E-state index contributed by atoms with van der Waals surface area (Å²) in [5, 5.41) is 8.88. The lowest BCUT2D eigenvalue weighted by atomic mass is 10.0. The molecule has 112 valence electrons. The van der Waals surface area contributed by atoms with Crippen molar-refractivity contribution in [2.24, 2.45) is 5.92 Å². The van der Waals surface area contributed by atoms with E-state index in [9.17, 15) is 8.42 Å². The van der Waals surface area contributed by atoms with Crippen molar-refractivity contribution in [3.05, 3.63) is 18.2 Å². The Morgan fingerprint density at radius 3 is 2.48 bits per heavy atom. The quantitative estimate of drug-likeness (QED) is 0.824. The normalized spacial score (nSPS) is 20.0. The highest BCUT2D eigenvalue weighted by atomic mass is 32.2. The fourth-order valence-electron chi connectivity index (χ4n) is 2.56. The van der Waals surface area contributed by atoms with E-state index in [0.717, 1.165) is 0 Å². The van der Waals surface area contributed by atoms with E-state index < -0.39 is 10.0 Å². The van der Waals surface area contributed by atoms with Gasteiger partial charge in [-0.05, 0) is 25.0 Å². The van der Waals surface area contributed by atoms with E-state index in [2.05, 4.69) is 6.07 Å². The van der Waals surface area contributed by atoms with Crippen molar-refractivity contribution < 1.29 is 17.9 Å². The Kier molecular flexibility index (Phi) is 3.74. The molecule has 7 heteroatoms. The number of rotatable bonds is 2. The van der Waals surface area contributed by atoms with Gasteiger partial charge in [-0.3, -0.25) is 0 Å². The zero-order chi connectivity index (χ0) is 14.9. The van der Waals surface area contributed by atoms with Crippen LogP contribution in [0.4, 0.5) is 0 Å². The largest absolute Gasteiger partial charge is 0.486 e. The lowest BCUT2D eigenvalue weighted by molar-refractivity contribution is 0.171. The van der Waals surface area contributed by atoms with Crippen molar-refractivity contribution in [1.82, 2.24) is 4.31 Å². The van der Waals surface area contributed by atoms with Crippen molar-refractivity contribution >= 4 is 10.0 Å². The number of nitrogens with zero attached hydrogens (tertiary/aromatic N) is 2. The summed E-state index contributed by atoms with van der Waals surface area (Å²) in [6.45, 7) is 1.66. The monoisotopic (exact) mass is 308 g/mol. The van der Waals surface area contributed by atoms with E-state index in [1.54, 1.807) is 12.1 Å². The Morgan fingerprint density at radius 2 is 1.81 bits per heavy atom. The smallest absolute Gasteiger partial charge is 0.243 e. The summed E-state index contributed by atoms with van der Waals surface area (Å²) < 4.78 is 37.5. The highest BCUT2D eigenvalue weighted by Gasteiger charge is 2.30. The molecule has 0 radical (unpaired) electrons. The highest BCUT2D eigenvalue weighted by Crippen LogP contribution is 2.33. The molecule has 1 saturated heterocycles. The molecule has 0 aromatic heterocycles. The van der Waals surface area contributed by atoms with Gasteiger partial charge < -0.3 is 9.47 Å².